The summed E-state index contributed by atoms with van der Waals surface area (Å²) in [5.74, 6) is 0. The Hall–Kier alpha value is -2.45. The van der Waals surface area contributed by atoms with Gasteiger partial charge in [0.2, 0.25) is 0 Å². The number of fused-ring (bicyclic) bond motifs is 2. The SMILES string of the molecule is Cc1cc(CN2C3CCC2CN(Cc2ccc(-c4ccc(C(C)(O)C(F)(F)F)cc4)c(Cl)c2)C3)ccn1. The van der Waals surface area contributed by atoms with Crippen molar-refractivity contribution in [1.29, 1.82) is 0 Å². The summed E-state index contributed by atoms with van der Waals surface area (Å²) in [4.78, 5) is 9.45. The maximum absolute atomic E-state index is 13.1. The van der Waals surface area contributed by atoms with Gasteiger partial charge in [-0.2, -0.15) is 13.2 Å². The van der Waals surface area contributed by atoms with Crippen LogP contribution in [-0.4, -0.2) is 51.2 Å². The number of nitrogens with zero attached hydrogens (tertiary/aromatic N) is 3. The summed E-state index contributed by atoms with van der Waals surface area (Å²) in [6.45, 7) is 6.59. The summed E-state index contributed by atoms with van der Waals surface area (Å²) in [5, 5.41) is 10.5. The molecule has 0 radical (unpaired) electrons. The number of piperazine rings is 1. The van der Waals surface area contributed by atoms with Crippen LogP contribution in [0, 0.1) is 6.92 Å². The topological polar surface area (TPSA) is 39.6 Å². The molecule has 0 aliphatic carbocycles. The van der Waals surface area contributed by atoms with Crippen molar-refractivity contribution in [2.24, 2.45) is 0 Å². The number of aryl methyl sites for hydroxylation is 1. The highest BCUT2D eigenvalue weighted by Gasteiger charge is 2.51. The highest BCUT2D eigenvalue weighted by Crippen LogP contribution is 2.39. The van der Waals surface area contributed by atoms with Gasteiger partial charge in [-0.15, -0.1) is 0 Å². The number of hydrogen-bond acceptors (Lipinski definition) is 4. The number of aromatic nitrogens is 1. The van der Waals surface area contributed by atoms with Crippen molar-refractivity contribution in [1.82, 2.24) is 14.8 Å². The normalized spacial score (nSPS) is 22.2. The second kappa shape index (κ2) is 10.0. The van der Waals surface area contributed by atoms with E-state index in [0.29, 0.717) is 22.7 Å². The summed E-state index contributed by atoms with van der Waals surface area (Å²) in [6, 6.07) is 17.0. The Morgan fingerprint density at radius 2 is 1.59 bits per heavy atom. The predicted molar refractivity (Wildman–Crippen MR) is 139 cm³/mol. The summed E-state index contributed by atoms with van der Waals surface area (Å²) in [7, 11) is 0. The van der Waals surface area contributed by atoms with Gasteiger partial charge in [0.15, 0.2) is 5.60 Å². The molecule has 5 rings (SSSR count). The molecule has 1 aromatic heterocycles. The van der Waals surface area contributed by atoms with Crippen LogP contribution in [0.5, 0.6) is 0 Å². The lowest BCUT2D eigenvalue weighted by Gasteiger charge is -2.41. The number of pyridine rings is 1. The van der Waals surface area contributed by atoms with Gasteiger partial charge in [0.05, 0.1) is 0 Å². The molecule has 3 aromatic rings. The maximum atomic E-state index is 13.1. The monoisotopic (exact) mass is 529 g/mol. The van der Waals surface area contributed by atoms with E-state index in [-0.39, 0.29) is 5.56 Å². The first kappa shape index (κ1) is 26.2. The molecule has 37 heavy (non-hydrogen) atoms. The van der Waals surface area contributed by atoms with Crippen LogP contribution in [0.2, 0.25) is 5.02 Å². The van der Waals surface area contributed by atoms with Crippen molar-refractivity contribution < 1.29 is 18.3 Å². The van der Waals surface area contributed by atoms with Gasteiger partial charge in [-0.05, 0) is 67.1 Å². The summed E-state index contributed by atoms with van der Waals surface area (Å²) in [6.07, 6.45) is -0.447. The van der Waals surface area contributed by atoms with Crippen molar-refractivity contribution >= 4 is 11.6 Å². The summed E-state index contributed by atoms with van der Waals surface area (Å²) in [5.41, 5.74) is 1.83. The smallest absolute Gasteiger partial charge is 0.376 e. The summed E-state index contributed by atoms with van der Waals surface area (Å²) >= 11 is 6.62. The largest absolute Gasteiger partial charge is 0.421 e. The van der Waals surface area contributed by atoms with Crippen molar-refractivity contribution in [3.63, 3.8) is 0 Å². The van der Waals surface area contributed by atoms with Gasteiger partial charge < -0.3 is 5.11 Å². The van der Waals surface area contributed by atoms with Gasteiger partial charge in [0, 0.05) is 60.7 Å². The molecule has 0 saturated carbocycles. The highest BCUT2D eigenvalue weighted by atomic mass is 35.5. The van der Waals surface area contributed by atoms with Crippen LogP contribution in [0.15, 0.2) is 60.8 Å². The highest BCUT2D eigenvalue weighted by molar-refractivity contribution is 6.33. The standard InChI is InChI=1S/C29H31ClF3N3O/c1-19-13-21(11-12-34-19)16-36-24-8-9-25(36)18-35(17-24)15-20-3-10-26(27(30)14-20)22-4-6-23(7-5-22)28(2,37)29(31,32)33/h3-7,10-14,24-25,37H,8-9,15-18H2,1-2H3. The molecule has 3 atom stereocenters. The Morgan fingerprint density at radius 1 is 0.946 bits per heavy atom. The van der Waals surface area contributed by atoms with Crippen LogP contribution >= 0.6 is 11.6 Å². The quantitative estimate of drug-likeness (QED) is 0.405. The molecule has 0 spiro atoms. The van der Waals surface area contributed by atoms with Crippen LogP contribution in [-0.2, 0) is 18.7 Å². The number of alkyl halides is 3. The minimum atomic E-state index is -4.75. The molecular formula is C29H31ClF3N3O. The first-order chi connectivity index (χ1) is 17.5. The van der Waals surface area contributed by atoms with Crippen LogP contribution in [0.4, 0.5) is 13.2 Å². The van der Waals surface area contributed by atoms with E-state index in [9.17, 15) is 18.3 Å². The zero-order chi connectivity index (χ0) is 26.4. The second-order valence-corrected chi connectivity index (χ2v) is 10.9. The molecule has 2 aliphatic heterocycles. The van der Waals surface area contributed by atoms with Crippen LogP contribution in [0.25, 0.3) is 11.1 Å². The zero-order valence-corrected chi connectivity index (χ0v) is 21.7. The first-order valence-corrected chi connectivity index (χ1v) is 13.0. The average molecular weight is 530 g/mol. The average Bonchev–Trinajstić information content (AvgIpc) is 3.06. The Bertz CT molecular complexity index is 1250. The minimum Gasteiger partial charge on any atom is -0.376 e. The van der Waals surface area contributed by atoms with E-state index in [1.54, 1.807) is 12.1 Å². The molecule has 0 amide bonds. The summed E-state index contributed by atoms with van der Waals surface area (Å²) < 4.78 is 39.4. The van der Waals surface area contributed by atoms with E-state index in [4.69, 9.17) is 11.6 Å². The Balaban J connectivity index is 1.24. The third-order valence-corrected chi connectivity index (χ3v) is 8.10. The molecule has 2 bridgehead atoms. The van der Waals surface area contributed by atoms with Gasteiger partial charge >= 0.3 is 6.18 Å². The number of benzene rings is 2. The van der Waals surface area contributed by atoms with E-state index in [0.717, 1.165) is 49.9 Å². The maximum Gasteiger partial charge on any atom is 0.421 e. The lowest BCUT2D eigenvalue weighted by atomic mass is 9.93. The van der Waals surface area contributed by atoms with Gasteiger partial charge in [-0.25, -0.2) is 0 Å². The van der Waals surface area contributed by atoms with Crippen molar-refractivity contribution in [3.8, 4) is 11.1 Å². The molecule has 196 valence electrons. The van der Waals surface area contributed by atoms with Gasteiger partial charge in [-0.3, -0.25) is 14.8 Å². The van der Waals surface area contributed by atoms with Crippen molar-refractivity contribution in [2.45, 2.75) is 63.6 Å². The third-order valence-electron chi connectivity index (χ3n) is 7.78. The number of likely N-dealkylation sites (tertiary alicyclic amines) is 1. The Kier molecular flexibility index (Phi) is 7.09. The van der Waals surface area contributed by atoms with E-state index in [1.165, 1.54) is 30.5 Å². The predicted octanol–water partition coefficient (Wildman–Crippen LogP) is 6.33. The number of aliphatic hydroxyl groups is 1. The Labute approximate surface area is 220 Å². The van der Waals surface area contributed by atoms with Gasteiger partial charge in [-0.1, -0.05) is 48.0 Å². The molecule has 3 heterocycles. The first-order valence-electron chi connectivity index (χ1n) is 12.6. The van der Waals surface area contributed by atoms with Crippen LogP contribution in [0.1, 0.15) is 42.1 Å². The molecule has 1 N–H and O–H groups in total. The van der Waals surface area contributed by atoms with Crippen molar-refractivity contribution in [3.05, 3.63) is 88.2 Å². The minimum absolute atomic E-state index is 0.204. The second-order valence-electron chi connectivity index (χ2n) is 10.5. The number of hydrogen-bond donors (Lipinski definition) is 1. The fraction of sp³-hybridized carbons (Fsp3) is 0.414. The molecule has 2 aromatic carbocycles. The van der Waals surface area contributed by atoms with E-state index in [2.05, 4.69) is 26.9 Å². The molecular weight excluding hydrogens is 499 g/mol. The molecule has 4 nitrogen and oxygen atoms in total. The fourth-order valence-corrected chi connectivity index (χ4v) is 5.98. The molecule has 2 fully saturated rings. The lowest BCUT2D eigenvalue weighted by Crippen LogP contribution is -2.52. The lowest BCUT2D eigenvalue weighted by molar-refractivity contribution is -0.258. The van der Waals surface area contributed by atoms with E-state index in [1.807, 2.05) is 31.3 Å². The van der Waals surface area contributed by atoms with Crippen molar-refractivity contribution in [2.75, 3.05) is 13.1 Å². The number of halogens is 4. The van der Waals surface area contributed by atoms with Crippen LogP contribution in [0.3, 0.4) is 0 Å². The fourth-order valence-electron chi connectivity index (χ4n) is 5.67. The molecule has 2 aliphatic rings. The van der Waals surface area contributed by atoms with E-state index >= 15 is 0 Å². The number of rotatable bonds is 6. The van der Waals surface area contributed by atoms with E-state index < -0.39 is 11.8 Å². The molecule has 8 heteroatoms. The molecule has 3 unspecified atom stereocenters. The Morgan fingerprint density at radius 3 is 2.19 bits per heavy atom. The third kappa shape index (κ3) is 5.41. The van der Waals surface area contributed by atoms with Crippen LogP contribution < -0.4 is 0 Å². The van der Waals surface area contributed by atoms with Gasteiger partial charge in [0.25, 0.3) is 0 Å². The van der Waals surface area contributed by atoms with Gasteiger partial charge in [0.1, 0.15) is 0 Å². The zero-order valence-electron chi connectivity index (χ0n) is 21.0. The molecule has 2 saturated heterocycles.